The van der Waals surface area contributed by atoms with Crippen molar-refractivity contribution in [2.75, 3.05) is 6.61 Å². The molecule has 1 saturated heterocycles. The molecule has 1 N–H and O–H groups in total. The Morgan fingerprint density at radius 1 is 1.40 bits per heavy atom. The highest BCUT2D eigenvalue weighted by molar-refractivity contribution is 4.85. The molecule has 15 heavy (non-hydrogen) atoms. The van der Waals surface area contributed by atoms with Crippen molar-refractivity contribution < 1.29 is 4.74 Å². The van der Waals surface area contributed by atoms with Crippen molar-refractivity contribution in [1.29, 1.82) is 0 Å². The number of ether oxygens (including phenoxy) is 1. The molecule has 1 aliphatic rings. The summed E-state index contributed by atoms with van der Waals surface area (Å²) in [6.07, 6.45) is 3.54. The van der Waals surface area contributed by atoms with Crippen LogP contribution in [-0.2, 0) is 4.74 Å². The molecule has 0 bridgehead atoms. The van der Waals surface area contributed by atoms with Crippen LogP contribution in [0.3, 0.4) is 0 Å². The number of nitrogens with one attached hydrogen (secondary N) is 1. The Bertz CT molecular complexity index is 191. The van der Waals surface area contributed by atoms with Crippen molar-refractivity contribution in [3.05, 3.63) is 0 Å². The Labute approximate surface area is 94.8 Å². The second-order valence-electron chi connectivity index (χ2n) is 5.64. The van der Waals surface area contributed by atoms with Crippen molar-refractivity contribution in [1.82, 2.24) is 5.32 Å². The molecule has 1 heterocycles. The summed E-state index contributed by atoms with van der Waals surface area (Å²) in [5.41, 5.74) is 0.0606. The third-order valence-electron chi connectivity index (χ3n) is 3.69. The van der Waals surface area contributed by atoms with Gasteiger partial charge < -0.3 is 10.1 Å². The van der Waals surface area contributed by atoms with Gasteiger partial charge in [0.15, 0.2) is 0 Å². The summed E-state index contributed by atoms with van der Waals surface area (Å²) < 4.78 is 5.72. The fraction of sp³-hybridized carbons (Fsp3) is 1.00. The topological polar surface area (TPSA) is 21.3 Å². The molecule has 0 aromatic heterocycles. The van der Waals surface area contributed by atoms with Gasteiger partial charge in [-0.3, -0.25) is 0 Å². The molecule has 1 aliphatic heterocycles. The van der Waals surface area contributed by atoms with Crippen LogP contribution in [0.15, 0.2) is 0 Å². The molecule has 0 aromatic carbocycles. The van der Waals surface area contributed by atoms with Gasteiger partial charge in [0, 0.05) is 18.7 Å². The van der Waals surface area contributed by atoms with Crippen molar-refractivity contribution in [2.45, 2.75) is 71.6 Å². The van der Waals surface area contributed by atoms with Gasteiger partial charge in [0.1, 0.15) is 0 Å². The molecule has 0 amide bonds. The third kappa shape index (κ3) is 4.12. The van der Waals surface area contributed by atoms with E-state index in [4.69, 9.17) is 4.74 Å². The van der Waals surface area contributed by atoms with E-state index in [0.717, 1.165) is 25.4 Å². The van der Waals surface area contributed by atoms with Crippen LogP contribution in [0.25, 0.3) is 0 Å². The van der Waals surface area contributed by atoms with Gasteiger partial charge in [-0.2, -0.15) is 0 Å². The molecule has 1 fully saturated rings. The second-order valence-corrected chi connectivity index (χ2v) is 5.64. The number of rotatable bonds is 4. The van der Waals surface area contributed by atoms with E-state index in [9.17, 15) is 0 Å². The van der Waals surface area contributed by atoms with E-state index >= 15 is 0 Å². The zero-order valence-corrected chi connectivity index (χ0v) is 11.0. The van der Waals surface area contributed by atoms with Gasteiger partial charge in [0.2, 0.25) is 0 Å². The average Bonchev–Trinajstić information content (AvgIpc) is 2.14. The Kier molecular flexibility index (Phi) is 4.60. The lowest BCUT2D eigenvalue weighted by Crippen LogP contribution is -2.48. The van der Waals surface area contributed by atoms with Gasteiger partial charge in [0.25, 0.3) is 0 Å². The van der Waals surface area contributed by atoms with E-state index in [1.54, 1.807) is 0 Å². The monoisotopic (exact) mass is 213 g/mol. The molecule has 0 radical (unpaired) electrons. The van der Waals surface area contributed by atoms with Crippen LogP contribution in [0, 0.1) is 5.92 Å². The quantitative estimate of drug-likeness (QED) is 0.775. The van der Waals surface area contributed by atoms with Crippen LogP contribution >= 0.6 is 0 Å². The van der Waals surface area contributed by atoms with E-state index in [1.807, 2.05) is 0 Å². The van der Waals surface area contributed by atoms with E-state index < -0.39 is 0 Å². The molecule has 0 spiro atoms. The van der Waals surface area contributed by atoms with Crippen molar-refractivity contribution in [3.63, 3.8) is 0 Å². The Morgan fingerprint density at radius 2 is 2.07 bits per heavy atom. The van der Waals surface area contributed by atoms with Crippen LogP contribution in [0.4, 0.5) is 0 Å². The summed E-state index contributed by atoms with van der Waals surface area (Å²) >= 11 is 0. The lowest BCUT2D eigenvalue weighted by Gasteiger charge is -2.38. The summed E-state index contributed by atoms with van der Waals surface area (Å²) in [4.78, 5) is 0. The Hall–Kier alpha value is -0.0800. The van der Waals surface area contributed by atoms with Crippen LogP contribution in [-0.4, -0.2) is 24.3 Å². The van der Waals surface area contributed by atoms with Crippen LogP contribution in [0.2, 0.25) is 0 Å². The largest absolute Gasteiger partial charge is 0.375 e. The van der Waals surface area contributed by atoms with E-state index in [2.05, 4.69) is 39.9 Å². The first-order chi connectivity index (χ1) is 6.94. The Balaban J connectivity index is 2.38. The maximum absolute atomic E-state index is 5.72. The van der Waals surface area contributed by atoms with Crippen molar-refractivity contribution >= 4 is 0 Å². The van der Waals surface area contributed by atoms with E-state index in [0.29, 0.717) is 12.1 Å². The molecule has 90 valence electrons. The highest BCUT2D eigenvalue weighted by Crippen LogP contribution is 2.24. The molecular formula is C13H27NO. The second kappa shape index (κ2) is 5.31. The van der Waals surface area contributed by atoms with Crippen LogP contribution in [0.5, 0.6) is 0 Å². The van der Waals surface area contributed by atoms with Gasteiger partial charge in [0.05, 0.1) is 5.60 Å². The van der Waals surface area contributed by atoms with Gasteiger partial charge in [-0.15, -0.1) is 0 Å². The van der Waals surface area contributed by atoms with E-state index in [1.165, 1.54) is 6.42 Å². The summed E-state index contributed by atoms with van der Waals surface area (Å²) in [5.74, 6) is 0.760. The maximum Gasteiger partial charge on any atom is 0.0641 e. The smallest absolute Gasteiger partial charge is 0.0641 e. The first-order valence-corrected chi connectivity index (χ1v) is 6.34. The minimum absolute atomic E-state index is 0.0606. The Morgan fingerprint density at radius 3 is 2.60 bits per heavy atom. The molecule has 3 atom stereocenters. The predicted molar refractivity (Wildman–Crippen MR) is 65.1 cm³/mol. The molecule has 2 nitrogen and oxygen atoms in total. The fourth-order valence-corrected chi connectivity index (χ4v) is 2.26. The summed E-state index contributed by atoms with van der Waals surface area (Å²) in [6, 6.07) is 1.26. The standard InChI is InChI=1S/C13H27NO/c1-6-10(2)11(3)14-12-7-8-15-13(4,5)9-12/h10-12,14H,6-9H2,1-5H3. The lowest BCUT2D eigenvalue weighted by atomic mass is 9.92. The predicted octanol–water partition coefficient (Wildman–Crippen LogP) is 2.97. The first-order valence-electron chi connectivity index (χ1n) is 6.34. The van der Waals surface area contributed by atoms with Crippen LogP contribution in [0.1, 0.15) is 53.9 Å². The SMILES string of the molecule is CCC(C)C(C)NC1CCOC(C)(C)C1. The first kappa shape index (κ1) is 13.0. The van der Waals surface area contributed by atoms with Gasteiger partial charge >= 0.3 is 0 Å². The van der Waals surface area contributed by atoms with Gasteiger partial charge in [-0.25, -0.2) is 0 Å². The van der Waals surface area contributed by atoms with Crippen molar-refractivity contribution in [3.8, 4) is 0 Å². The number of hydrogen-bond donors (Lipinski definition) is 1. The van der Waals surface area contributed by atoms with Crippen LogP contribution < -0.4 is 5.32 Å². The summed E-state index contributed by atoms with van der Waals surface area (Å²) in [7, 11) is 0. The zero-order chi connectivity index (χ0) is 11.5. The molecule has 0 aliphatic carbocycles. The lowest BCUT2D eigenvalue weighted by molar-refractivity contribution is -0.0646. The molecule has 0 aromatic rings. The van der Waals surface area contributed by atoms with E-state index in [-0.39, 0.29) is 5.60 Å². The van der Waals surface area contributed by atoms with Gasteiger partial charge in [-0.1, -0.05) is 20.3 Å². The minimum Gasteiger partial charge on any atom is -0.375 e. The zero-order valence-electron chi connectivity index (χ0n) is 11.0. The summed E-state index contributed by atoms with van der Waals surface area (Å²) in [6.45, 7) is 12.2. The highest BCUT2D eigenvalue weighted by atomic mass is 16.5. The maximum atomic E-state index is 5.72. The highest BCUT2D eigenvalue weighted by Gasteiger charge is 2.29. The normalized spacial score (nSPS) is 29.8. The fourth-order valence-electron chi connectivity index (χ4n) is 2.26. The number of hydrogen-bond acceptors (Lipinski definition) is 2. The average molecular weight is 213 g/mol. The minimum atomic E-state index is 0.0606. The molecule has 0 saturated carbocycles. The molecule has 1 rings (SSSR count). The van der Waals surface area contributed by atoms with Gasteiger partial charge in [-0.05, 0) is 39.5 Å². The molecular weight excluding hydrogens is 186 g/mol. The molecule has 2 heteroatoms. The summed E-state index contributed by atoms with van der Waals surface area (Å²) in [5, 5.41) is 3.75. The van der Waals surface area contributed by atoms with Crippen molar-refractivity contribution in [2.24, 2.45) is 5.92 Å². The molecule has 3 unspecified atom stereocenters. The third-order valence-corrected chi connectivity index (χ3v) is 3.69.